The van der Waals surface area contributed by atoms with E-state index in [9.17, 15) is 8.78 Å². The van der Waals surface area contributed by atoms with E-state index in [0.717, 1.165) is 31.6 Å². The van der Waals surface area contributed by atoms with Gasteiger partial charge in [0.15, 0.2) is 11.6 Å². The molecule has 2 aromatic carbocycles. The lowest BCUT2D eigenvalue weighted by Gasteiger charge is -2.25. The van der Waals surface area contributed by atoms with Gasteiger partial charge in [0.05, 0.1) is 0 Å². The van der Waals surface area contributed by atoms with E-state index in [0.29, 0.717) is 5.56 Å². The molecule has 3 rings (SSSR count). The molecule has 0 aromatic heterocycles. The fraction of sp³-hybridized carbons (Fsp3) is 0.333. The molecule has 0 unspecified atom stereocenters. The SMILES string of the molecule is C=C(Cc1c(Cl)cc(-c2ccccc2)c(F)c1F)N1CCCCCC1. The summed E-state index contributed by atoms with van der Waals surface area (Å²) in [5.41, 5.74) is 1.79. The molecular formula is C21H22ClF2N. The molecule has 0 bridgehead atoms. The van der Waals surface area contributed by atoms with Gasteiger partial charge in [-0.2, -0.15) is 0 Å². The lowest BCUT2D eigenvalue weighted by molar-refractivity contribution is 0.351. The molecule has 0 spiro atoms. The summed E-state index contributed by atoms with van der Waals surface area (Å²) < 4.78 is 29.3. The average Bonchev–Trinajstić information content (AvgIpc) is 2.92. The second-order valence-electron chi connectivity index (χ2n) is 6.52. The van der Waals surface area contributed by atoms with Gasteiger partial charge in [-0.05, 0) is 24.5 Å². The lowest BCUT2D eigenvalue weighted by Crippen LogP contribution is -2.24. The Morgan fingerprint density at radius 2 is 1.64 bits per heavy atom. The Morgan fingerprint density at radius 1 is 1.00 bits per heavy atom. The Balaban J connectivity index is 1.87. The van der Waals surface area contributed by atoms with E-state index in [4.69, 9.17) is 11.6 Å². The molecule has 1 aliphatic rings. The van der Waals surface area contributed by atoms with Gasteiger partial charge in [0, 0.05) is 41.4 Å². The Morgan fingerprint density at radius 3 is 2.28 bits per heavy atom. The number of halogens is 3. The standard InChI is InChI=1S/C21H22ClF2N/c1-15(25-11-7-2-3-8-12-25)13-18-19(22)14-17(20(23)21(18)24)16-9-5-4-6-10-16/h4-6,9-10,14H,1-3,7-8,11-13H2. The van der Waals surface area contributed by atoms with Crippen molar-refractivity contribution >= 4 is 11.6 Å². The topological polar surface area (TPSA) is 3.24 Å². The molecule has 1 nitrogen and oxygen atoms in total. The van der Waals surface area contributed by atoms with Crippen molar-refractivity contribution in [1.29, 1.82) is 0 Å². The van der Waals surface area contributed by atoms with Crippen LogP contribution >= 0.6 is 11.6 Å². The molecule has 0 radical (unpaired) electrons. The molecule has 1 aliphatic heterocycles. The third-order valence-electron chi connectivity index (χ3n) is 4.77. The molecule has 25 heavy (non-hydrogen) atoms. The minimum absolute atomic E-state index is 0.187. The van der Waals surface area contributed by atoms with Crippen molar-refractivity contribution in [3.63, 3.8) is 0 Å². The molecule has 132 valence electrons. The van der Waals surface area contributed by atoms with E-state index in [-0.39, 0.29) is 22.6 Å². The van der Waals surface area contributed by atoms with E-state index in [1.54, 1.807) is 24.3 Å². The van der Waals surface area contributed by atoms with Gasteiger partial charge >= 0.3 is 0 Å². The zero-order valence-electron chi connectivity index (χ0n) is 14.2. The second-order valence-corrected chi connectivity index (χ2v) is 6.93. The van der Waals surface area contributed by atoms with Crippen LogP contribution < -0.4 is 0 Å². The molecule has 0 saturated carbocycles. The van der Waals surface area contributed by atoms with Gasteiger partial charge in [-0.25, -0.2) is 8.78 Å². The Kier molecular flexibility index (Phi) is 5.74. The first kappa shape index (κ1) is 17.9. The Hall–Kier alpha value is -1.87. The van der Waals surface area contributed by atoms with Crippen molar-refractivity contribution in [3.05, 3.63) is 70.9 Å². The Labute approximate surface area is 152 Å². The van der Waals surface area contributed by atoms with Crippen LogP contribution in [0.3, 0.4) is 0 Å². The van der Waals surface area contributed by atoms with E-state index >= 15 is 0 Å². The highest BCUT2D eigenvalue weighted by Crippen LogP contribution is 2.33. The van der Waals surface area contributed by atoms with E-state index < -0.39 is 11.6 Å². The van der Waals surface area contributed by atoms with Crippen LogP contribution in [-0.4, -0.2) is 18.0 Å². The van der Waals surface area contributed by atoms with Crippen molar-refractivity contribution in [2.24, 2.45) is 0 Å². The lowest BCUT2D eigenvalue weighted by atomic mass is 10.00. The maximum Gasteiger partial charge on any atom is 0.167 e. The highest BCUT2D eigenvalue weighted by atomic mass is 35.5. The molecule has 0 amide bonds. The summed E-state index contributed by atoms with van der Waals surface area (Å²) in [5.74, 6) is -1.73. The normalized spacial score (nSPS) is 15.1. The van der Waals surface area contributed by atoms with Gasteiger partial charge in [-0.1, -0.05) is 61.4 Å². The largest absolute Gasteiger partial charge is 0.375 e. The number of likely N-dealkylation sites (tertiary alicyclic amines) is 1. The van der Waals surface area contributed by atoms with Crippen LogP contribution in [0, 0.1) is 11.6 Å². The van der Waals surface area contributed by atoms with Crippen LogP contribution in [0.1, 0.15) is 31.2 Å². The third-order valence-corrected chi connectivity index (χ3v) is 5.11. The number of hydrogen-bond donors (Lipinski definition) is 0. The smallest absolute Gasteiger partial charge is 0.167 e. The summed E-state index contributed by atoms with van der Waals surface area (Å²) in [4.78, 5) is 2.17. The van der Waals surface area contributed by atoms with E-state index in [1.807, 2.05) is 6.07 Å². The summed E-state index contributed by atoms with van der Waals surface area (Å²) >= 11 is 6.31. The second kappa shape index (κ2) is 8.01. The molecule has 0 N–H and O–H groups in total. The first-order valence-corrected chi connectivity index (χ1v) is 9.10. The average molecular weight is 362 g/mol. The fourth-order valence-electron chi connectivity index (χ4n) is 3.33. The summed E-state index contributed by atoms with van der Waals surface area (Å²) in [6.07, 6.45) is 4.86. The molecule has 1 heterocycles. The van der Waals surface area contributed by atoms with Crippen LogP contribution in [0.5, 0.6) is 0 Å². The highest BCUT2D eigenvalue weighted by molar-refractivity contribution is 6.31. The predicted octanol–water partition coefficient (Wildman–Crippen LogP) is 6.22. The van der Waals surface area contributed by atoms with Crippen LogP contribution in [0.2, 0.25) is 5.02 Å². The minimum atomic E-state index is -0.873. The van der Waals surface area contributed by atoms with Gasteiger partial charge < -0.3 is 4.90 Å². The van der Waals surface area contributed by atoms with Crippen LogP contribution in [-0.2, 0) is 6.42 Å². The van der Waals surface area contributed by atoms with Gasteiger partial charge in [0.1, 0.15) is 0 Å². The molecule has 2 aromatic rings. The number of nitrogens with zero attached hydrogens (tertiary/aromatic N) is 1. The van der Waals surface area contributed by atoms with Crippen molar-refractivity contribution in [1.82, 2.24) is 4.90 Å². The van der Waals surface area contributed by atoms with Gasteiger partial charge in [-0.3, -0.25) is 0 Å². The van der Waals surface area contributed by atoms with Crippen molar-refractivity contribution in [2.75, 3.05) is 13.1 Å². The van der Waals surface area contributed by atoms with Crippen LogP contribution in [0.4, 0.5) is 8.78 Å². The number of allylic oxidation sites excluding steroid dienone is 1. The number of hydrogen-bond acceptors (Lipinski definition) is 1. The molecule has 1 fully saturated rings. The first-order chi connectivity index (χ1) is 12.1. The van der Waals surface area contributed by atoms with Gasteiger partial charge in [-0.15, -0.1) is 0 Å². The summed E-state index contributed by atoms with van der Waals surface area (Å²) in [6, 6.07) is 10.4. The molecule has 4 heteroatoms. The maximum atomic E-state index is 14.7. The molecular weight excluding hydrogens is 340 g/mol. The summed E-state index contributed by atoms with van der Waals surface area (Å²) in [7, 11) is 0. The highest BCUT2D eigenvalue weighted by Gasteiger charge is 2.21. The fourth-order valence-corrected chi connectivity index (χ4v) is 3.58. The summed E-state index contributed by atoms with van der Waals surface area (Å²) in [6.45, 7) is 5.92. The van der Waals surface area contributed by atoms with Gasteiger partial charge in [0.25, 0.3) is 0 Å². The monoisotopic (exact) mass is 361 g/mol. The third kappa shape index (κ3) is 4.04. The number of benzene rings is 2. The molecule has 0 aliphatic carbocycles. The first-order valence-electron chi connectivity index (χ1n) is 8.72. The molecule has 0 atom stereocenters. The predicted molar refractivity (Wildman–Crippen MR) is 99.7 cm³/mol. The number of rotatable bonds is 4. The van der Waals surface area contributed by atoms with Crippen molar-refractivity contribution in [2.45, 2.75) is 32.1 Å². The quantitative estimate of drug-likeness (QED) is 0.584. The molecule has 1 saturated heterocycles. The van der Waals surface area contributed by atoms with Crippen molar-refractivity contribution < 1.29 is 8.78 Å². The zero-order valence-corrected chi connectivity index (χ0v) is 15.0. The van der Waals surface area contributed by atoms with E-state index in [1.165, 1.54) is 18.9 Å². The maximum absolute atomic E-state index is 14.7. The zero-order chi connectivity index (χ0) is 17.8. The van der Waals surface area contributed by atoms with Gasteiger partial charge in [0.2, 0.25) is 0 Å². The van der Waals surface area contributed by atoms with Crippen LogP contribution in [0.15, 0.2) is 48.7 Å². The van der Waals surface area contributed by atoms with Crippen LogP contribution in [0.25, 0.3) is 11.1 Å². The Bertz CT molecular complexity index is 750. The van der Waals surface area contributed by atoms with Crippen molar-refractivity contribution in [3.8, 4) is 11.1 Å². The summed E-state index contributed by atoms with van der Waals surface area (Å²) in [5, 5.41) is 0.244. The van der Waals surface area contributed by atoms with E-state index in [2.05, 4.69) is 11.5 Å². The minimum Gasteiger partial charge on any atom is -0.375 e.